The molecule has 2 N–H and O–H groups in total. The third-order valence-electron chi connectivity index (χ3n) is 4.92. The van der Waals surface area contributed by atoms with Gasteiger partial charge in [-0.2, -0.15) is 0 Å². The molecule has 0 unspecified atom stereocenters. The van der Waals surface area contributed by atoms with E-state index in [1.807, 2.05) is 24.3 Å². The first-order chi connectivity index (χ1) is 14.6. The maximum Gasteiger partial charge on any atom is 0.315 e. The number of halogens is 1. The van der Waals surface area contributed by atoms with Gasteiger partial charge < -0.3 is 10.1 Å². The second-order valence-electron chi connectivity index (χ2n) is 6.87. The molecule has 1 atom stereocenters. The van der Waals surface area contributed by atoms with Gasteiger partial charge in [0.05, 0.1) is 29.5 Å². The number of para-hydroxylation sites is 1. The molecule has 1 aliphatic rings. The number of anilines is 1. The third-order valence-corrected chi connectivity index (χ3v) is 5.87. The van der Waals surface area contributed by atoms with E-state index >= 15 is 0 Å². The number of ether oxygens (including phenoxy) is 1. The van der Waals surface area contributed by atoms with Gasteiger partial charge in [0.25, 0.3) is 0 Å². The minimum atomic E-state index is -0.770. The van der Waals surface area contributed by atoms with Crippen molar-refractivity contribution < 1.29 is 18.7 Å². The summed E-state index contributed by atoms with van der Waals surface area (Å²) in [5.41, 5.74) is 1.63. The zero-order valence-electron chi connectivity index (χ0n) is 16.1. The first-order valence-electron chi connectivity index (χ1n) is 9.62. The molecule has 0 spiro atoms. The third kappa shape index (κ3) is 4.81. The molecule has 1 saturated heterocycles. The van der Waals surface area contributed by atoms with E-state index < -0.39 is 11.8 Å². The topological polar surface area (TPSA) is 83.6 Å². The van der Waals surface area contributed by atoms with Crippen LogP contribution in [0.15, 0.2) is 48.5 Å². The smallest absolute Gasteiger partial charge is 0.315 e. The number of fused-ring (bicyclic) bond motifs is 1. The molecule has 0 bridgehead atoms. The summed E-state index contributed by atoms with van der Waals surface area (Å²) in [6.45, 7) is 2.77. The van der Waals surface area contributed by atoms with Gasteiger partial charge in [0.15, 0.2) is 5.13 Å². The van der Waals surface area contributed by atoms with Gasteiger partial charge >= 0.3 is 11.8 Å². The average molecular weight is 428 g/mol. The number of nitrogens with one attached hydrogen (secondary N) is 2. The SMILES string of the molecule is O=C(NC[C@H](c1ccc(F)cc1)N1CCOCC1)C(=O)Nc1nc2ccccc2s1. The summed E-state index contributed by atoms with van der Waals surface area (Å²) >= 11 is 1.31. The zero-order valence-corrected chi connectivity index (χ0v) is 17.0. The number of aromatic nitrogens is 1. The lowest BCUT2D eigenvalue weighted by Crippen LogP contribution is -2.45. The maximum absolute atomic E-state index is 13.3. The van der Waals surface area contributed by atoms with Crippen LogP contribution in [0.1, 0.15) is 11.6 Å². The van der Waals surface area contributed by atoms with Crippen molar-refractivity contribution in [2.24, 2.45) is 0 Å². The number of carbonyl (C=O) groups is 2. The van der Waals surface area contributed by atoms with E-state index in [1.165, 1.54) is 23.5 Å². The molecule has 2 heterocycles. The Morgan fingerprint density at radius 2 is 1.83 bits per heavy atom. The molecule has 4 rings (SSSR count). The van der Waals surface area contributed by atoms with Crippen molar-refractivity contribution >= 4 is 38.5 Å². The van der Waals surface area contributed by atoms with E-state index in [9.17, 15) is 14.0 Å². The standard InChI is InChI=1S/C21H21FN4O3S/c22-15-7-5-14(6-8-15)17(26-9-11-29-12-10-26)13-23-19(27)20(28)25-21-24-16-3-1-2-4-18(16)30-21/h1-8,17H,9-13H2,(H,23,27)(H,24,25,28)/t17-/m1/s1. The van der Waals surface area contributed by atoms with Crippen LogP contribution in [0.3, 0.4) is 0 Å². The number of nitrogens with zero attached hydrogens (tertiary/aromatic N) is 2. The highest BCUT2D eigenvalue weighted by molar-refractivity contribution is 7.22. The van der Waals surface area contributed by atoms with Crippen molar-refractivity contribution in [2.75, 3.05) is 38.2 Å². The molecule has 2 aromatic carbocycles. The van der Waals surface area contributed by atoms with E-state index in [0.717, 1.165) is 15.8 Å². The number of rotatable bonds is 5. The summed E-state index contributed by atoms with van der Waals surface area (Å²) < 4.78 is 19.7. The first kappa shape index (κ1) is 20.4. The highest BCUT2D eigenvalue weighted by Gasteiger charge is 2.25. The van der Waals surface area contributed by atoms with Gasteiger partial charge in [-0.25, -0.2) is 9.37 Å². The summed E-state index contributed by atoms with van der Waals surface area (Å²) in [6.07, 6.45) is 0. The van der Waals surface area contributed by atoms with E-state index in [-0.39, 0.29) is 18.4 Å². The molecule has 0 radical (unpaired) electrons. The molecule has 1 aliphatic heterocycles. The fraction of sp³-hybridized carbons (Fsp3) is 0.286. The van der Waals surface area contributed by atoms with Gasteiger partial charge in [-0.3, -0.25) is 19.8 Å². The zero-order chi connectivity index (χ0) is 20.9. The lowest BCUT2D eigenvalue weighted by Gasteiger charge is -2.34. The molecule has 2 amide bonds. The predicted octanol–water partition coefficient (Wildman–Crippen LogP) is 2.56. The summed E-state index contributed by atoms with van der Waals surface area (Å²) in [7, 11) is 0. The van der Waals surface area contributed by atoms with Crippen LogP contribution in [0.2, 0.25) is 0 Å². The molecule has 156 valence electrons. The Morgan fingerprint density at radius 3 is 2.57 bits per heavy atom. The van der Waals surface area contributed by atoms with Crippen LogP contribution >= 0.6 is 11.3 Å². The highest BCUT2D eigenvalue weighted by Crippen LogP contribution is 2.25. The van der Waals surface area contributed by atoms with E-state index in [2.05, 4.69) is 20.5 Å². The number of benzene rings is 2. The first-order valence-corrected chi connectivity index (χ1v) is 10.4. The molecule has 7 nitrogen and oxygen atoms in total. The van der Waals surface area contributed by atoms with E-state index in [1.54, 1.807) is 12.1 Å². The van der Waals surface area contributed by atoms with Crippen molar-refractivity contribution in [2.45, 2.75) is 6.04 Å². The Hall–Kier alpha value is -2.88. The van der Waals surface area contributed by atoms with Gasteiger partial charge in [0, 0.05) is 19.6 Å². The fourth-order valence-electron chi connectivity index (χ4n) is 3.38. The van der Waals surface area contributed by atoms with Crippen LogP contribution in [0.5, 0.6) is 0 Å². The molecule has 9 heteroatoms. The Kier molecular flexibility index (Phi) is 6.32. The van der Waals surface area contributed by atoms with Crippen LogP contribution in [-0.2, 0) is 14.3 Å². The largest absolute Gasteiger partial charge is 0.379 e. The monoisotopic (exact) mass is 428 g/mol. The quantitative estimate of drug-likeness (QED) is 0.611. The Balaban J connectivity index is 1.40. The highest BCUT2D eigenvalue weighted by atomic mass is 32.1. The molecule has 0 aliphatic carbocycles. The molecule has 3 aromatic rings. The Bertz CT molecular complexity index is 1000. The minimum Gasteiger partial charge on any atom is -0.379 e. The normalized spacial score (nSPS) is 15.6. The molecule has 1 fully saturated rings. The van der Waals surface area contributed by atoms with Crippen LogP contribution < -0.4 is 10.6 Å². The van der Waals surface area contributed by atoms with Gasteiger partial charge in [-0.15, -0.1) is 0 Å². The molecular weight excluding hydrogens is 407 g/mol. The number of hydrogen-bond acceptors (Lipinski definition) is 6. The average Bonchev–Trinajstić information content (AvgIpc) is 3.18. The number of amides is 2. The van der Waals surface area contributed by atoms with Crippen LogP contribution in [0, 0.1) is 5.82 Å². The second kappa shape index (κ2) is 9.29. The Labute approximate surface area is 176 Å². The van der Waals surface area contributed by atoms with Crippen molar-refractivity contribution in [3.63, 3.8) is 0 Å². The van der Waals surface area contributed by atoms with Crippen LogP contribution in [0.25, 0.3) is 10.2 Å². The predicted molar refractivity (Wildman–Crippen MR) is 113 cm³/mol. The fourth-order valence-corrected chi connectivity index (χ4v) is 4.24. The number of hydrogen-bond donors (Lipinski definition) is 2. The lowest BCUT2D eigenvalue weighted by atomic mass is 10.0. The van der Waals surface area contributed by atoms with Crippen molar-refractivity contribution in [3.8, 4) is 0 Å². The van der Waals surface area contributed by atoms with Gasteiger partial charge in [-0.05, 0) is 29.8 Å². The summed E-state index contributed by atoms with van der Waals surface area (Å²) in [4.78, 5) is 31.2. The lowest BCUT2D eigenvalue weighted by molar-refractivity contribution is -0.136. The molecule has 30 heavy (non-hydrogen) atoms. The summed E-state index contributed by atoms with van der Waals surface area (Å²) in [6, 6.07) is 13.5. The van der Waals surface area contributed by atoms with Crippen molar-refractivity contribution in [3.05, 3.63) is 59.9 Å². The molecule has 1 aromatic heterocycles. The minimum absolute atomic E-state index is 0.186. The van der Waals surface area contributed by atoms with E-state index in [4.69, 9.17) is 4.74 Å². The van der Waals surface area contributed by atoms with Gasteiger partial charge in [0.1, 0.15) is 5.82 Å². The second-order valence-corrected chi connectivity index (χ2v) is 7.90. The van der Waals surface area contributed by atoms with Gasteiger partial charge in [-0.1, -0.05) is 35.6 Å². The van der Waals surface area contributed by atoms with Crippen LogP contribution in [-0.4, -0.2) is 54.5 Å². The number of morpholine rings is 1. The molecular formula is C21H21FN4O3S. The number of thiazole rings is 1. The maximum atomic E-state index is 13.3. The van der Waals surface area contributed by atoms with Gasteiger partial charge in [0.2, 0.25) is 0 Å². The van der Waals surface area contributed by atoms with E-state index in [0.29, 0.717) is 31.4 Å². The Morgan fingerprint density at radius 1 is 1.10 bits per heavy atom. The summed E-state index contributed by atoms with van der Waals surface area (Å²) in [5.74, 6) is -1.83. The molecule has 0 saturated carbocycles. The van der Waals surface area contributed by atoms with Crippen LogP contribution in [0.4, 0.5) is 9.52 Å². The summed E-state index contributed by atoms with van der Waals surface area (Å²) in [5, 5.41) is 5.63. The van der Waals surface area contributed by atoms with Crippen molar-refractivity contribution in [1.82, 2.24) is 15.2 Å². The van der Waals surface area contributed by atoms with Crippen molar-refractivity contribution in [1.29, 1.82) is 0 Å². The number of carbonyl (C=O) groups excluding carboxylic acids is 2.